The van der Waals surface area contributed by atoms with Gasteiger partial charge in [-0.15, -0.1) is 11.3 Å². The maximum atomic E-state index is 12.5. The van der Waals surface area contributed by atoms with E-state index in [0.29, 0.717) is 27.6 Å². The Bertz CT molecular complexity index is 1090. The van der Waals surface area contributed by atoms with Gasteiger partial charge in [0.1, 0.15) is 5.00 Å². The van der Waals surface area contributed by atoms with Gasteiger partial charge in [0.25, 0.3) is 0 Å². The Kier molecular flexibility index (Phi) is 7.94. The quantitative estimate of drug-likeness (QED) is 0.289. The van der Waals surface area contributed by atoms with Gasteiger partial charge in [-0.05, 0) is 55.4 Å². The molecule has 1 atom stereocenters. The van der Waals surface area contributed by atoms with Crippen molar-refractivity contribution in [1.29, 1.82) is 0 Å². The lowest BCUT2D eigenvalue weighted by Crippen LogP contribution is -2.32. The molecular formula is C23H25N3O6S. The average Bonchev–Trinajstić information content (AvgIpc) is 3.15. The summed E-state index contributed by atoms with van der Waals surface area (Å²) in [5, 5.41) is 6.62. The molecule has 174 valence electrons. The van der Waals surface area contributed by atoms with Crippen molar-refractivity contribution in [3.63, 3.8) is 0 Å². The molecule has 0 saturated carbocycles. The summed E-state index contributed by atoms with van der Waals surface area (Å²) >= 11 is 1.30. The number of nitrogens with zero attached hydrogens (tertiary/aromatic N) is 1. The topological polar surface area (TPSA) is 123 Å². The highest BCUT2D eigenvalue weighted by atomic mass is 32.1. The third kappa shape index (κ3) is 5.83. The van der Waals surface area contributed by atoms with E-state index in [0.717, 1.165) is 29.7 Å². The number of nitrogens with one attached hydrogen (secondary N) is 2. The number of methoxy groups -OCH3 is 1. The Morgan fingerprint density at radius 3 is 2.55 bits per heavy atom. The Morgan fingerprint density at radius 1 is 1.15 bits per heavy atom. The second-order valence-corrected chi connectivity index (χ2v) is 8.65. The van der Waals surface area contributed by atoms with E-state index in [4.69, 9.17) is 4.74 Å². The van der Waals surface area contributed by atoms with Gasteiger partial charge in [-0.1, -0.05) is 19.1 Å². The first kappa shape index (κ1) is 24.1. The number of anilines is 1. The molecule has 1 aromatic carbocycles. The van der Waals surface area contributed by atoms with Crippen LogP contribution >= 0.6 is 11.3 Å². The van der Waals surface area contributed by atoms with E-state index in [2.05, 4.69) is 27.5 Å². The number of amides is 2. The highest BCUT2D eigenvalue weighted by Crippen LogP contribution is 2.40. The van der Waals surface area contributed by atoms with Crippen LogP contribution in [0.15, 0.2) is 29.4 Å². The lowest BCUT2D eigenvalue weighted by Gasteiger charge is -2.18. The first-order valence-corrected chi connectivity index (χ1v) is 11.3. The average molecular weight is 472 g/mol. The number of ether oxygens (including phenoxy) is 2. The van der Waals surface area contributed by atoms with Crippen LogP contribution < -0.4 is 10.7 Å². The molecule has 0 fully saturated rings. The van der Waals surface area contributed by atoms with E-state index < -0.39 is 23.8 Å². The van der Waals surface area contributed by atoms with Gasteiger partial charge in [-0.2, -0.15) is 5.10 Å². The first-order chi connectivity index (χ1) is 15.8. The van der Waals surface area contributed by atoms with Gasteiger partial charge in [0, 0.05) is 4.88 Å². The minimum Gasteiger partial charge on any atom is -0.465 e. The second-order valence-electron chi connectivity index (χ2n) is 7.54. The van der Waals surface area contributed by atoms with Crippen molar-refractivity contribution in [1.82, 2.24) is 5.43 Å². The van der Waals surface area contributed by atoms with Crippen LogP contribution in [0.4, 0.5) is 5.00 Å². The highest BCUT2D eigenvalue weighted by Gasteiger charge is 2.30. The first-order valence-electron chi connectivity index (χ1n) is 10.5. The molecule has 0 unspecified atom stereocenters. The van der Waals surface area contributed by atoms with Crippen LogP contribution in [-0.2, 0) is 31.9 Å². The fourth-order valence-electron chi connectivity index (χ4n) is 3.46. The lowest BCUT2D eigenvalue weighted by molar-refractivity contribution is -0.136. The van der Waals surface area contributed by atoms with Gasteiger partial charge in [0.2, 0.25) is 0 Å². The summed E-state index contributed by atoms with van der Waals surface area (Å²) < 4.78 is 9.80. The molecular weight excluding hydrogens is 446 g/mol. The van der Waals surface area contributed by atoms with Crippen molar-refractivity contribution in [2.45, 2.75) is 33.1 Å². The molecule has 9 nitrogen and oxygen atoms in total. The van der Waals surface area contributed by atoms with Crippen LogP contribution in [0.25, 0.3) is 0 Å². The van der Waals surface area contributed by atoms with Crippen molar-refractivity contribution in [2.75, 3.05) is 19.0 Å². The Hall–Kier alpha value is -3.53. The normalized spacial score (nSPS) is 14.9. The summed E-state index contributed by atoms with van der Waals surface area (Å²) in [6, 6.07) is 6.34. The Balaban J connectivity index is 1.67. The van der Waals surface area contributed by atoms with E-state index >= 15 is 0 Å². The van der Waals surface area contributed by atoms with E-state index in [-0.39, 0.29) is 6.61 Å². The number of hydrogen-bond donors (Lipinski definition) is 2. The number of rotatable bonds is 6. The predicted molar refractivity (Wildman–Crippen MR) is 124 cm³/mol. The summed E-state index contributed by atoms with van der Waals surface area (Å²) in [7, 11) is 1.29. The van der Waals surface area contributed by atoms with Crippen molar-refractivity contribution >= 4 is 46.3 Å². The number of benzene rings is 1. The molecule has 33 heavy (non-hydrogen) atoms. The van der Waals surface area contributed by atoms with Crippen molar-refractivity contribution in [2.24, 2.45) is 11.0 Å². The minimum atomic E-state index is -0.980. The van der Waals surface area contributed by atoms with Crippen LogP contribution in [0.2, 0.25) is 0 Å². The molecule has 2 aromatic rings. The van der Waals surface area contributed by atoms with Crippen molar-refractivity contribution in [3.8, 4) is 0 Å². The van der Waals surface area contributed by atoms with Crippen molar-refractivity contribution in [3.05, 3.63) is 51.4 Å². The molecule has 3 rings (SSSR count). The van der Waals surface area contributed by atoms with Gasteiger partial charge < -0.3 is 14.8 Å². The SMILES string of the molecule is CCOC(=O)c1c(NC(=O)C(=O)N/N=C\c2ccc(C(=O)OC)cc2)sc2c1CC[C@@H](C)C2. The molecule has 0 aliphatic heterocycles. The molecule has 1 aliphatic rings. The molecule has 0 radical (unpaired) electrons. The molecule has 1 aromatic heterocycles. The molecule has 2 amide bonds. The van der Waals surface area contributed by atoms with Gasteiger partial charge in [-0.25, -0.2) is 15.0 Å². The van der Waals surface area contributed by atoms with Crippen molar-refractivity contribution < 1.29 is 28.7 Å². The largest absolute Gasteiger partial charge is 0.465 e. The number of hydrazone groups is 1. The summed E-state index contributed by atoms with van der Waals surface area (Å²) in [6.45, 7) is 4.06. The molecule has 1 aliphatic carbocycles. The molecule has 2 N–H and O–H groups in total. The smallest absolute Gasteiger partial charge is 0.341 e. The molecule has 0 saturated heterocycles. The fraction of sp³-hybridized carbons (Fsp3) is 0.348. The molecule has 1 heterocycles. The summed E-state index contributed by atoms with van der Waals surface area (Å²) in [6.07, 6.45) is 3.82. The van der Waals surface area contributed by atoms with Crippen LogP contribution in [0.5, 0.6) is 0 Å². The third-order valence-electron chi connectivity index (χ3n) is 5.14. The highest BCUT2D eigenvalue weighted by molar-refractivity contribution is 7.17. The van der Waals surface area contributed by atoms with Gasteiger partial charge in [0.05, 0.1) is 31.1 Å². The Labute approximate surface area is 195 Å². The van der Waals surface area contributed by atoms with E-state index in [9.17, 15) is 19.2 Å². The number of fused-ring (bicyclic) bond motifs is 1. The lowest BCUT2D eigenvalue weighted by atomic mass is 9.88. The maximum absolute atomic E-state index is 12.5. The second kappa shape index (κ2) is 10.9. The van der Waals surface area contributed by atoms with Crippen LogP contribution in [0, 0.1) is 5.92 Å². The van der Waals surface area contributed by atoms with E-state index in [1.807, 2.05) is 0 Å². The predicted octanol–water partition coefficient (Wildman–Crippen LogP) is 2.93. The zero-order valence-electron chi connectivity index (χ0n) is 18.6. The number of carbonyl (C=O) groups is 4. The summed E-state index contributed by atoms with van der Waals surface area (Å²) in [5.41, 5.74) is 4.36. The standard InChI is InChI=1S/C23H25N3O6S/c1-4-32-23(30)18-16-10-5-13(2)11-17(16)33-21(18)25-19(27)20(28)26-24-12-14-6-8-15(9-7-14)22(29)31-3/h6-9,12-13H,4-5,10-11H2,1-3H3,(H,25,27)(H,26,28)/b24-12-/t13-/m1/s1. The van der Waals surface area contributed by atoms with Crippen LogP contribution in [0.1, 0.15) is 57.0 Å². The fourth-order valence-corrected chi connectivity index (χ4v) is 4.85. The van der Waals surface area contributed by atoms with E-state index in [1.54, 1.807) is 31.2 Å². The van der Waals surface area contributed by atoms with Crippen LogP contribution in [-0.4, -0.2) is 43.7 Å². The van der Waals surface area contributed by atoms with Gasteiger partial charge in [-0.3, -0.25) is 9.59 Å². The third-order valence-corrected chi connectivity index (χ3v) is 6.31. The number of carbonyl (C=O) groups excluding carboxylic acids is 4. The zero-order valence-corrected chi connectivity index (χ0v) is 19.4. The molecule has 10 heteroatoms. The number of thiophene rings is 1. The monoisotopic (exact) mass is 471 g/mol. The van der Waals surface area contributed by atoms with Gasteiger partial charge in [0.15, 0.2) is 0 Å². The minimum absolute atomic E-state index is 0.211. The summed E-state index contributed by atoms with van der Waals surface area (Å²) in [4.78, 5) is 49.6. The summed E-state index contributed by atoms with van der Waals surface area (Å²) in [5.74, 6) is -2.41. The maximum Gasteiger partial charge on any atom is 0.341 e. The zero-order chi connectivity index (χ0) is 24.0. The Morgan fingerprint density at radius 2 is 1.88 bits per heavy atom. The molecule has 0 bridgehead atoms. The van der Waals surface area contributed by atoms with Crippen LogP contribution in [0.3, 0.4) is 0 Å². The molecule has 0 spiro atoms. The number of esters is 2. The van der Waals surface area contributed by atoms with E-state index in [1.165, 1.54) is 24.7 Å². The number of hydrogen-bond acceptors (Lipinski definition) is 8. The van der Waals surface area contributed by atoms with Gasteiger partial charge >= 0.3 is 23.8 Å².